The van der Waals surface area contributed by atoms with Gasteiger partial charge in [0.1, 0.15) is 0 Å². The van der Waals surface area contributed by atoms with E-state index in [0.29, 0.717) is 98.6 Å². The van der Waals surface area contributed by atoms with Crippen molar-refractivity contribution < 1.29 is 19.2 Å². The smallest absolute Gasteiger partial charge is 0.222 e. The first kappa shape index (κ1) is 28.9. The first-order valence-corrected chi connectivity index (χ1v) is 13.8. The molecule has 2 N–H and O–H groups in total. The van der Waals surface area contributed by atoms with Crippen LogP contribution in [-0.4, -0.2) is 72.4 Å². The minimum atomic E-state index is -0.197. The van der Waals surface area contributed by atoms with Gasteiger partial charge in [0.25, 0.3) is 0 Å². The van der Waals surface area contributed by atoms with Crippen LogP contribution in [0.3, 0.4) is 0 Å². The van der Waals surface area contributed by atoms with Crippen molar-refractivity contribution in [2.24, 2.45) is 0 Å². The van der Waals surface area contributed by atoms with Gasteiger partial charge in [-0.25, -0.2) is 0 Å². The van der Waals surface area contributed by atoms with Crippen LogP contribution >= 0.6 is 0 Å². The molecule has 0 heterocycles. The molecule has 8 heteroatoms. The van der Waals surface area contributed by atoms with Crippen LogP contribution in [0.1, 0.15) is 85.2 Å². The maximum absolute atomic E-state index is 13.6. The number of anilines is 2. The minimum absolute atomic E-state index is 0.109. The van der Waals surface area contributed by atoms with Crippen LogP contribution in [0.4, 0.5) is 11.4 Å². The van der Waals surface area contributed by atoms with Gasteiger partial charge in [0, 0.05) is 74.6 Å². The second-order valence-electron chi connectivity index (χ2n) is 9.31. The molecular formula is C30H40N4O4. The van der Waals surface area contributed by atoms with E-state index < -0.39 is 0 Å². The molecule has 0 radical (unpaired) electrons. The normalized spacial score (nSPS) is 12.0. The summed E-state index contributed by atoms with van der Waals surface area (Å²) in [5, 5.41) is 6.60. The summed E-state index contributed by atoms with van der Waals surface area (Å²) < 4.78 is 0. The van der Waals surface area contributed by atoms with E-state index in [1.54, 1.807) is 34.1 Å². The van der Waals surface area contributed by atoms with Crippen molar-refractivity contribution >= 4 is 34.8 Å². The van der Waals surface area contributed by atoms with Crippen LogP contribution in [0.2, 0.25) is 0 Å². The maximum atomic E-state index is 13.6. The lowest BCUT2D eigenvalue weighted by Gasteiger charge is -2.24. The summed E-state index contributed by atoms with van der Waals surface area (Å²) in [6.07, 6.45) is 2.06. The molecule has 0 aromatic heterocycles. The van der Waals surface area contributed by atoms with E-state index in [4.69, 9.17) is 0 Å². The zero-order valence-corrected chi connectivity index (χ0v) is 23.1. The molecule has 0 spiro atoms. The predicted octanol–water partition coefficient (Wildman–Crippen LogP) is 4.58. The van der Waals surface area contributed by atoms with Crippen LogP contribution in [0.15, 0.2) is 36.4 Å². The van der Waals surface area contributed by atoms with E-state index >= 15 is 0 Å². The molecule has 2 aromatic carbocycles. The summed E-state index contributed by atoms with van der Waals surface area (Å²) in [5.74, 6) is -0.175. The summed E-state index contributed by atoms with van der Waals surface area (Å²) in [6, 6.07) is 10.5. The number of hydrogen-bond acceptors (Lipinski definition) is 6. The Morgan fingerprint density at radius 3 is 1.34 bits per heavy atom. The third kappa shape index (κ3) is 6.41. The topological polar surface area (TPSA) is 98.8 Å². The average Bonchev–Trinajstić information content (AvgIpc) is 2.93. The summed E-state index contributed by atoms with van der Waals surface area (Å²) in [4.78, 5) is 55.4. The summed E-state index contributed by atoms with van der Waals surface area (Å²) in [5.41, 5.74) is 2.68. The van der Waals surface area contributed by atoms with Crippen molar-refractivity contribution in [1.29, 1.82) is 0 Å². The molecule has 0 saturated carbocycles. The van der Waals surface area contributed by atoms with Crippen LogP contribution in [0, 0.1) is 0 Å². The van der Waals surface area contributed by atoms with Gasteiger partial charge in [0.15, 0.2) is 11.6 Å². The van der Waals surface area contributed by atoms with E-state index in [2.05, 4.69) is 10.6 Å². The number of amides is 2. The summed E-state index contributed by atoms with van der Waals surface area (Å²) >= 11 is 0. The number of fused-ring (bicyclic) bond motifs is 2. The Kier molecular flexibility index (Phi) is 10.4. The van der Waals surface area contributed by atoms with Crippen LogP contribution in [0.5, 0.6) is 0 Å². The molecule has 0 saturated heterocycles. The van der Waals surface area contributed by atoms with E-state index in [1.807, 2.05) is 39.8 Å². The van der Waals surface area contributed by atoms with Crippen LogP contribution < -0.4 is 10.6 Å². The molecule has 2 amide bonds. The second-order valence-corrected chi connectivity index (χ2v) is 9.31. The third-order valence-electron chi connectivity index (χ3n) is 7.07. The summed E-state index contributed by atoms with van der Waals surface area (Å²) in [7, 11) is 0. The van der Waals surface area contributed by atoms with Crippen molar-refractivity contribution in [3.63, 3.8) is 0 Å². The number of carbonyl (C=O) groups is 4. The standard InChI is InChI=1S/C30H40N4O4/c1-5-33(6-2)25(35)15-11-19-31-23-17-18-24(32-20-12-16-26(36)34(7-3)8-4)28-27(23)29(37)21-13-9-10-14-22(21)30(28)38/h9-10,13-14,17-18,31-32H,5-8,11-12,15-16,19-20H2,1-4H3. The fourth-order valence-corrected chi connectivity index (χ4v) is 4.91. The van der Waals surface area contributed by atoms with Crippen molar-refractivity contribution in [3.8, 4) is 0 Å². The number of nitrogens with zero attached hydrogens (tertiary/aromatic N) is 2. The van der Waals surface area contributed by atoms with Crippen LogP contribution in [0.25, 0.3) is 0 Å². The maximum Gasteiger partial charge on any atom is 0.222 e. The quantitative estimate of drug-likeness (QED) is 0.302. The number of benzene rings is 2. The van der Waals surface area contributed by atoms with Gasteiger partial charge in [0.05, 0.1) is 11.1 Å². The zero-order valence-electron chi connectivity index (χ0n) is 23.1. The molecule has 0 fully saturated rings. The van der Waals surface area contributed by atoms with Gasteiger partial charge in [-0.05, 0) is 52.7 Å². The van der Waals surface area contributed by atoms with Gasteiger partial charge in [-0.3, -0.25) is 19.2 Å². The zero-order chi connectivity index (χ0) is 27.7. The van der Waals surface area contributed by atoms with Gasteiger partial charge in [-0.15, -0.1) is 0 Å². The number of ketones is 2. The van der Waals surface area contributed by atoms with Crippen molar-refractivity contribution in [1.82, 2.24) is 9.80 Å². The highest BCUT2D eigenvalue weighted by atomic mass is 16.2. The first-order valence-electron chi connectivity index (χ1n) is 13.8. The molecule has 204 valence electrons. The molecule has 0 atom stereocenters. The molecule has 1 aliphatic rings. The Morgan fingerprint density at radius 1 is 0.632 bits per heavy atom. The SMILES string of the molecule is CCN(CC)C(=O)CCCNc1ccc(NCCCC(=O)N(CC)CC)c2c1C(=O)c1ccccc1C2=O. The first-order chi connectivity index (χ1) is 18.4. The van der Waals surface area contributed by atoms with Crippen molar-refractivity contribution in [2.75, 3.05) is 49.9 Å². The average molecular weight is 521 g/mol. The Morgan fingerprint density at radius 2 is 1.00 bits per heavy atom. The monoisotopic (exact) mass is 520 g/mol. The van der Waals surface area contributed by atoms with E-state index in [0.717, 1.165) is 0 Å². The van der Waals surface area contributed by atoms with Gasteiger partial charge in [-0.1, -0.05) is 24.3 Å². The highest BCUT2D eigenvalue weighted by Gasteiger charge is 2.33. The highest BCUT2D eigenvalue weighted by Crippen LogP contribution is 2.36. The molecule has 0 aliphatic heterocycles. The number of rotatable bonds is 14. The minimum Gasteiger partial charge on any atom is -0.384 e. The van der Waals surface area contributed by atoms with Crippen molar-refractivity contribution in [2.45, 2.75) is 53.4 Å². The molecule has 1 aliphatic carbocycles. The lowest BCUT2D eigenvalue weighted by molar-refractivity contribution is -0.131. The molecule has 3 rings (SSSR count). The lowest BCUT2D eigenvalue weighted by atomic mass is 9.82. The van der Waals surface area contributed by atoms with Gasteiger partial charge in [0.2, 0.25) is 11.8 Å². The van der Waals surface area contributed by atoms with Crippen LogP contribution in [-0.2, 0) is 9.59 Å². The lowest BCUT2D eigenvalue weighted by Crippen LogP contribution is -2.30. The number of carbonyl (C=O) groups excluding carboxylic acids is 4. The highest BCUT2D eigenvalue weighted by molar-refractivity contribution is 6.31. The second kappa shape index (κ2) is 13.7. The Bertz CT molecular complexity index is 1080. The molecular weight excluding hydrogens is 480 g/mol. The third-order valence-corrected chi connectivity index (χ3v) is 7.07. The molecule has 38 heavy (non-hydrogen) atoms. The van der Waals surface area contributed by atoms with E-state index in [9.17, 15) is 19.2 Å². The number of hydrogen-bond donors (Lipinski definition) is 2. The Balaban J connectivity index is 1.78. The fraction of sp³-hybridized carbons (Fsp3) is 0.467. The largest absolute Gasteiger partial charge is 0.384 e. The van der Waals surface area contributed by atoms with Gasteiger partial charge >= 0.3 is 0 Å². The van der Waals surface area contributed by atoms with Crippen molar-refractivity contribution in [3.05, 3.63) is 58.7 Å². The van der Waals surface area contributed by atoms with Gasteiger partial charge < -0.3 is 20.4 Å². The molecule has 2 aromatic rings. The Hall–Kier alpha value is -3.68. The fourth-order valence-electron chi connectivity index (χ4n) is 4.91. The predicted molar refractivity (Wildman–Crippen MR) is 151 cm³/mol. The Labute approximate surface area is 225 Å². The van der Waals surface area contributed by atoms with E-state index in [1.165, 1.54) is 0 Å². The molecule has 8 nitrogen and oxygen atoms in total. The van der Waals surface area contributed by atoms with E-state index in [-0.39, 0.29) is 23.4 Å². The number of nitrogens with one attached hydrogen (secondary N) is 2. The summed E-state index contributed by atoms with van der Waals surface area (Å²) in [6.45, 7) is 11.6. The van der Waals surface area contributed by atoms with Gasteiger partial charge in [-0.2, -0.15) is 0 Å². The molecule has 0 unspecified atom stereocenters. The molecule has 0 bridgehead atoms.